The van der Waals surface area contributed by atoms with Gasteiger partial charge in [-0.15, -0.1) is 0 Å². The molecular weight excluding hydrogens is 324 g/mol. The van der Waals surface area contributed by atoms with E-state index in [9.17, 15) is 0 Å². The summed E-state index contributed by atoms with van der Waals surface area (Å²) < 4.78 is 5.38. The average Bonchev–Trinajstić information content (AvgIpc) is 3.13. The molecule has 136 valence electrons. The summed E-state index contributed by atoms with van der Waals surface area (Å²) in [5, 5.41) is 6.74. The molecular formula is C21H26N4O. The number of rotatable bonds is 5. The van der Waals surface area contributed by atoms with Gasteiger partial charge in [0.1, 0.15) is 0 Å². The molecule has 0 atom stereocenters. The van der Waals surface area contributed by atoms with E-state index in [0.29, 0.717) is 5.92 Å². The Morgan fingerprint density at radius 3 is 2.35 bits per heavy atom. The molecule has 0 amide bonds. The number of fused-ring (bicyclic) bond motifs is 1. The van der Waals surface area contributed by atoms with Crippen LogP contribution in [0.3, 0.4) is 0 Å². The molecule has 1 aliphatic rings. The summed E-state index contributed by atoms with van der Waals surface area (Å²) in [5.41, 5.74) is 1.41. The first kappa shape index (κ1) is 17.2. The van der Waals surface area contributed by atoms with Crippen LogP contribution < -0.4 is 0 Å². The second-order valence-corrected chi connectivity index (χ2v) is 7.39. The van der Waals surface area contributed by atoms with Gasteiger partial charge in [0.15, 0.2) is 5.82 Å². The number of aromatic nitrogens is 2. The first-order valence-electron chi connectivity index (χ1n) is 9.43. The molecule has 5 nitrogen and oxygen atoms in total. The van der Waals surface area contributed by atoms with Crippen LogP contribution in [0.4, 0.5) is 0 Å². The smallest absolute Gasteiger partial charge is 0.240 e. The lowest BCUT2D eigenvalue weighted by Gasteiger charge is -2.34. The molecule has 0 bridgehead atoms. The second-order valence-electron chi connectivity index (χ2n) is 7.39. The highest BCUT2D eigenvalue weighted by Gasteiger charge is 2.20. The molecule has 3 aromatic rings. The monoisotopic (exact) mass is 350 g/mol. The fraction of sp³-hybridized carbons (Fsp3) is 0.429. The van der Waals surface area contributed by atoms with Gasteiger partial charge in [-0.05, 0) is 16.3 Å². The van der Waals surface area contributed by atoms with Crippen LogP contribution in [-0.2, 0) is 13.1 Å². The predicted molar refractivity (Wildman–Crippen MR) is 103 cm³/mol. The molecule has 0 N–H and O–H groups in total. The van der Waals surface area contributed by atoms with Crippen LogP contribution in [0.25, 0.3) is 10.8 Å². The lowest BCUT2D eigenvalue weighted by molar-refractivity contribution is 0.112. The minimum absolute atomic E-state index is 0.310. The lowest BCUT2D eigenvalue weighted by atomic mass is 10.0. The number of piperazine rings is 1. The highest BCUT2D eigenvalue weighted by atomic mass is 16.5. The summed E-state index contributed by atoms with van der Waals surface area (Å²) in [6.07, 6.45) is 0. The number of hydrogen-bond acceptors (Lipinski definition) is 5. The molecule has 1 fully saturated rings. The summed E-state index contributed by atoms with van der Waals surface area (Å²) in [5.74, 6) is 1.84. The van der Waals surface area contributed by atoms with Crippen molar-refractivity contribution >= 4 is 10.8 Å². The second kappa shape index (κ2) is 7.56. The lowest BCUT2D eigenvalue weighted by Crippen LogP contribution is -2.45. The Morgan fingerprint density at radius 2 is 1.62 bits per heavy atom. The van der Waals surface area contributed by atoms with Crippen molar-refractivity contribution < 1.29 is 4.52 Å². The van der Waals surface area contributed by atoms with E-state index >= 15 is 0 Å². The first-order chi connectivity index (χ1) is 12.7. The molecule has 0 aliphatic carbocycles. The van der Waals surface area contributed by atoms with Gasteiger partial charge in [0.2, 0.25) is 5.89 Å². The maximum absolute atomic E-state index is 5.38. The maximum Gasteiger partial charge on any atom is 0.240 e. The van der Waals surface area contributed by atoms with Gasteiger partial charge in [-0.2, -0.15) is 4.98 Å². The van der Waals surface area contributed by atoms with Crippen molar-refractivity contribution in [2.75, 3.05) is 26.2 Å². The summed E-state index contributed by atoms with van der Waals surface area (Å²) in [6, 6.07) is 15.2. The van der Waals surface area contributed by atoms with Crippen LogP contribution in [0, 0.1) is 0 Å². The van der Waals surface area contributed by atoms with Gasteiger partial charge in [-0.1, -0.05) is 61.5 Å². The van der Waals surface area contributed by atoms with Gasteiger partial charge in [0.05, 0.1) is 6.54 Å². The SMILES string of the molecule is CC(C)c1noc(CN2CCN(Cc3cccc4ccccc34)CC2)n1. The Morgan fingerprint density at radius 1 is 0.923 bits per heavy atom. The van der Waals surface area contributed by atoms with E-state index in [1.807, 2.05) is 0 Å². The van der Waals surface area contributed by atoms with E-state index in [1.165, 1.54) is 16.3 Å². The molecule has 0 saturated carbocycles. The van der Waals surface area contributed by atoms with Crippen LogP contribution in [0.2, 0.25) is 0 Å². The van der Waals surface area contributed by atoms with Crippen molar-refractivity contribution in [1.82, 2.24) is 19.9 Å². The minimum Gasteiger partial charge on any atom is -0.338 e. The molecule has 0 radical (unpaired) electrons. The van der Waals surface area contributed by atoms with Gasteiger partial charge < -0.3 is 4.52 Å². The van der Waals surface area contributed by atoms with Crippen LogP contribution in [-0.4, -0.2) is 46.1 Å². The van der Waals surface area contributed by atoms with Crippen LogP contribution in [0.5, 0.6) is 0 Å². The Bertz CT molecular complexity index is 860. The highest BCUT2D eigenvalue weighted by Crippen LogP contribution is 2.21. The van der Waals surface area contributed by atoms with E-state index in [1.54, 1.807) is 0 Å². The van der Waals surface area contributed by atoms with Gasteiger partial charge >= 0.3 is 0 Å². The zero-order chi connectivity index (χ0) is 17.9. The van der Waals surface area contributed by atoms with Crippen LogP contribution >= 0.6 is 0 Å². The molecule has 2 heterocycles. The van der Waals surface area contributed by atoms with E-state index in [2.05, 4.69) is 76.3 Å². The van der Waals surface area contributed by atoms with Gasteiger partial charge in [-0.25, -0.2) is 0 Å². The Hall–Kier alpha value is -2.24. The average molecular weight is 350 g/mol. The normalized spacial score (nSPS) is 16.6. The van der Waals surface area contributed by atoms with Crippen molar-refractivity contribution in [3.8, 4) is 0 Å². The van der Waals surface area contributed by atoms with Crippen molar-refractivity contribution in [1.29, 1.82) is 0 Å². The molecule has 5 heteroatoms. The van der Waals surface area contributed by atoms with E-state index in [0.717, 1.165) is 51.0 Å². The zero-order valence-electron chi connectivity index (χ0n) is 15.6. The molecule has 0 unspecified atom stereocenters. The van der Waals surface area contributed by atoms with Crippen LogP contribution in [0.1, 0.15) is 37.0 Å². The molecule has 26 heavy (non-hydrogen) atoms. The molecule has 0 spiro atoms. The quantitative estimate of drug-likeness (QED) is 0.703. The zero-order valence-corrected chi connectivity index (χ0v) is 15.6. The minimum atomic E-state index is 0.310. The summed E-state index contributed by atoms with van der Waals surface area (Å²) in [6.45, 7) is 10.1. The largest absolute Gasteiger partial charge is 0.338 e. The summed E-state index contributed by atoms with van der Waals surface area (Å²) >= 11 is 0. The van der Waals surface area contributed by atoms with Gasteiger partial charge in [-0.3, -0.25) is 9.80 Å². The predicted octanol–water partition coefficient (Wildman–Crippen LogP) is 3.66. The van der Waals surface area contributed by atoms with Crippen molar-refractivity contribution in [3.63, 3.8) is 0 Å². The molecule has 2 aromatic carbocycles. The third-order valence-corrected chi connectivity index (χ3v) is 5.10. The van der Waals surface area contributed by atoms with Crippen molar-refractivity contribution in [2.45, 2.75) is 32.9 Å². The number of benzene rings is 2. The Kier molecular flexibility index (Phi) is 5.00. The van der Waals surface area contributed by atoms with Gasteiger partial charge in [0.25, 0.3) is 0 Å². The van der Waals surface area contributed by atoms with Crippen molar-refractivity contribution in [2.24, 2.45) is 0 Å². The third-order valence-electron chi connectivity index (χ3n) is 5.10. The highest BCUT2D eigenvalue weighted by molar-refractivity contribution is 5.85. The number of hydrogen-bond donors (Lipinski definition) is 0. The van der Waals surface area contributed by atoms with Gasteiger partial charge in [0, 0.05) is 38.6 Å². The van der Waals surface area contributed by atoms with E-state index in [4.69, 9.17) is 4.52 Å². The van der Waals surface area contributed by atoms with Crippen molar-refractivity contribution in [3.05, 3.63) is 59.7 Å². The molecule has 1 aromatic heterocycles. The standard InChI is InChI=1S/C21H26N4O/c1-16(2)21-22-20(26-23-21)15-25-12-10-24(11-13-25)14-18-8-5-7-17-6-3-4-9-19(17)18/h3-9,16H,10-15H2,1-2H3. The molecule has 1 saturated heterocycles. The van der Waals surface area contributed by atoms with Crippen LogP contribution in [0.15, 0.2) is 47.0 Å². The first-order valence-corrected chi connectivity index (χ1v) is 9.43. The Labute approximate surface area is 154 Å². The summed E-state index contributed by atoms with van der Waals surface area (Å²) in [7, 11) is 0. The molecule has 1 aliphatic heterocycles. The Balaban J connectivity index is 1.34. The fourth-order valence-electron chi connectivity index (χ4n) is 3.53. The topological polar surface area (TPSA) is 45.4 Å². The maximum atomic E-state index is 5.38. The van der Waals surface area contributed by atoms with E-state index in [-0.39, 0.29) is 0 Å². The molecule has 4 rings (SSSR count). The number of nitrogens with zero attached hydrogens (tertiary/aromatic N) is 4. The van der Waals surface area contributed by atoms with E-state index < -0.39 is 0 Å². The fourth-order valence-corrected chi connectivity index (χ4v) is 3.53. The third kappa shape index (κ3) is 3.79. The summed E-state index contributed by atoms with van der Waals surface area (Å²) in [4.78, 5) is 9.43.